The second kappa shape index (κ2) is 6.91. The molecule has 1 aromatic heterocycles. The maximum Gasteiger partial charge on any atom is 0.255 e. The summed E-state index contributed by atoms with van der Waals surface area (Å²) >= 11 is 0. The van der Waals surface area contributed by atoms with Gasteiger partial charge in [0.15, 0.2) is 0 Å². The molecule has 1 saturated heterocycles. The summed E-state index contributed by atoms with van der Waals surface area (Å²) in [5, 5.41) is 0. The Kier molecular flexibility index (Phi) is 4.69. The van der Waals surface area contributed by atoms with E-state index < -0.39 is 0 Å². The predicted octanol–water partition coefficient (Wildman–Crippen LogP) is 1.86. The van der Waals surface area contributed by atoms with E-state index in [4.69, 9.17) is 0 Å². The van der Waals surface area contributed by atoms with E-state index in [9.17, 15) is 9.59 Å². The second-order valence-corrected chi connectivity index (χ2v) is 6.40. The molecule has 1 aromatic carbocycles. The van der Waals surface area contributed by atoms with Crippen molar-refractivity contribution in [3.8, 4) is 0 Å². The third-order valence-corrected chi connectivity index (χ3v) is 4.44. The lowest BCUT2D eigenvalue weighted by molar-refractivity contribution is -0.131. The van der Waals surface area contributed by atoms with Crippen LogP contribution in [0.25, 0.3) is 0 Å². The number of piperazine rings is 1. The van der Waals surface area contributed by atoms with E-state index in [1.165, 1.54) is 5.56 Å². The molecular weight excluding hydrogens is 302 g/mol. The fraction of sp³-hybridized carbons (Fsp3) is 0.368. The van der Waals surface area contributed by atoms with Crippen LogP contribution in [0.15, 0.2) is 42.7 Å². The molecule has 0 saturated carbocycles. The first-order valence-corrected chi connectivity index (χ1v) is 8.27. The summed E-state index contributed by atoms with van der Waals surface area (Å²) in [6.07, 6.45) is 4.13. The van der Waals surface area contributed by atoms with Gasteiger partial charge in [0.05, 0.1) is 12.0 Å². The van der Waals surface area contributed by atoms with Crippen molar-refractivity contribution in [1.82, 2.24) is 14.4 Å². The van der Waals surface area contributed by atoms with Crippen LogP contribution in [-0.2, 0) is 18.3 Å². The van der Waals surface area contributed by atoms with E-state index >= 15 is 0 Å². The number of carbonyl (C=O) groups is 2. The summed E-state index contributed by atoms with van der Waals surface area (Å²) < 4.78 is 1.87. The van der Waals surface area contributed by atoms with Gasteiger partial charge >= 0.3 is 0 Å². The highest BCUT2D eigenvalue weighted by Gasteiger charge is 2.25. The molecule has 5 nitrogen and oxygen atoms in total. The molecule has 24 heavy (non-hydrogen) atoms. The van der Waals surface area contributed by atoms with Crippen molar-refractivity contribution in [1.29, 1.82) is 0 Å². The van der Waals surface area contributed by atoms with Crippen LogP contribution >= 0.6 is 0 Å². The monoisotopic (exact) mass is 325 g/mol. The van der Waals surface area contributed by atoms with Crippen LogP contribution in [0.2, 0.25) is 0 Å². The van der Waals surface area contributed by atoms with Gasteiger partial charge in [0.25, 0.3) is 5.91 Å². The van der Waals surface area contributed by atoms with Crippen molar-refractivity contribution >= 4 is 11.8 Å². The molecule has 2 amide bonds. The number of hydrogen-bond donors (Lipinski definition) is 0. The average Bonchev–Trinajstić information content (AvgIpc) is 3.01. The fourth-order valence-corrected chi connectivity index (χ4v) is 3.08. The Bertz CT molecular complexity index is 743. The molecule has 3 rings (SSSR count). The van der Waals surface area contributed by atoms with Crippen LogP contribution in [0.5, 0.6) is 0 Å². The van der Waals surface area contributed by atoms with Gasteiger partial charge in [-0.2, -0.15) is 0 Å². The summed E-state index contributed by atoms with van der Waals surface area (Å²) in [5.41, 5.74) is 2.92. The lowest BCUT2D eigenvalue weighted by Crippen LogP contribution is -2.50. The van der Waals surface area contributed by atoms with E-state index in [-0.39, 0.29) is 11.8 Å². The minimum atomic E-state index is 0.0429. The zero-order chi connectivity index (χ0) is 17.1. The van der Waals surface area contributed by atoms with E-state index in [0.717, 1.165) is 5.56 Å². The number of hydrogen-bond acceptors (Lipinski definition) is 2. The molecule has 1 fully saturated rings. The minimum Gasteiger partial charge on any atom is -0.356 e. The number of carbonyl (C=O) groups excluding carboxylic acids is 2. The Labute approximate surface area is 142 Å². The predicted molar refractivity (Wildman–Crippen MR) is 92.8 cm³/mol. The average molecular weight is 325 g/mol. The summed E-state index contributed by atoms with van der Waals surface area (Å²) in [7, 11) is 1.90. The lowest BCUT2D eigenvalue weighted by atomic mass is 10.1. The van der Waals surface area contributed by atoms with Crippen LogP contribution in [0.3, 0.4) is 0 Å². The molecule has 1 aliphatic rings. The van der Waals surface area contributed by atoms with Crippen molar-refractivity contribution in [2.75, 3.05) is 26.2 Å². The van der Waals surface area contributed by atoms with Gasteiger partial charge in [-0.3, -0.25) is 9.59 Å². The number of rotatable bonds is 3. The molecule has 0 aliphatic carbocycles. The first-order chi connectivity index (χ1) is 11.5. The Balaban J connectivity index is 1.54. The summed E-state index contributed by atoms with van der Waals surface area (Å²) in [4.78, 5) is 28.6. The molecule has 0 bridgehead atoms. The van der Waals surface area contributed by atoms with Crippen LogP contribution in [0.1, 0.15) is 21.5 Å². The molecule has 0 unspecified atom stereocenters. The van der Waals surface area contributed by atoms with Gasteiger partial charge in [0, 0.05) is 45.6 Å². The third kappa shape index (κ3) is 3.67. The van der Waals surface area contributed by atoms with E-state index in [1.807, 2.05) is 71.1 Å². The highest BCUT2D eigenvalue weighted by Crippen LogP contribution is 2.11. The quantitative estimate of drug-likeness (QED) is 0.865. The van der Waals surface area contributed by atoms with Gasteiger partial charge in [-0.1, -0.05) is 29.8 Å². The van der Waals surface area contributed by atoms with E-state index in [1.54, 1.807) is 0 Å². The van der Waals surface area contributed by atoms with Gasteiger partial charge in [0.1, 0.15) is 0 Å². The highest BCUT2D eigenvalue weighted by atomic mass is 16.2. The second-order valence-electron chi connectivity index (χ2n) is 6.40. The van der Waals surface area contributed by atoms with Gasteiger partial charge in [-0.15, -0.1) is 0 Å². The third-order valence-electron chi connectivity index (χ3n) is 4.44. The fourth-order valence-electron chi connectivity index (χ4n) is 3.08. The molecule has 0 spiro atoms. The van der Waals surface area contributed by atoms with Crippen molar-refractivity contribution in [2.45, 2.75) is 13.3 Å². The molecule has 0 N–H and O–H groups in total. The Morgan fingerprint density at radius 1 is 1.04 bits per heavy atom. The van der Waals surface area contributed by atoms with Crippen LogP contribution < -0.4 is 0 Å². The maximum atomic E-state index is 12.4. The van der Waals surface area contributed by atoms with Crippen molar-refractivity contribution in [3.05, 3.63) is 59.4 Å². The molecule has 2 heterocycles. The molecule has 0 radical (unpaired) electrons. The zero-order valence-electron chi connectivity index (χ0n) is 14.2. The molecule has 1 aliphatic heterocycles. The molecule has 5 heteroatoms. The van der Waals surface area contributed by atoms with Gasteiger partial charge in [0.2, 0.25) is 5.91 Å². The number of aromatic nitrogens is 1. The first-order valence-electron chi connectivity index (χ1n) is 8.27. The topological polar surface area (TPSA) is 45.6 Å². The van der Waals surface area contributed by atoms with Crippen molar-refractivity contribution < 1.29 is 9.59 Å². The largest absolute Gasteiger partial charge is 0.356 e. The Morgan fingerprint density at radius 2 is 1.75 bits per heavy atom. The zero-order valence-corrected chi connectivity index (χ0v) is 14.2. The van der Waals surface area contributed by atoms with Gasteiger partial charge < -0.3 is 14.4 Å². The number of aryl methyl sites for hydroxylation is 2. The maximum absolute atomic E-state index is 12.4. The van der Waals surface area contributed by atoms with Gasteiger partial charge in [-0.05, 0) is 18.6 Å². The Hall–Kier alpha value is -2.56. The Morgan fingerprint density at radius 3 is 2.38 bits per heavy atom. The normalized spacial score (nSPS) is 14.8. The lowest BCUT2D eigenvalue weighted by Gasteiger charge is -2.34. The molecule has 126 valence electrons. The smallest absolute Gasteiger partial charge is 0.255 e. The van der Waals surface area contributed by atoms with E-state index in [2.05, 4.69) is 0 Å². The summed E-state index contributed by atoms with van der Waals surface area (Å²) in [6, 6.07) is 9.88. The summed E-state index contributed by atoms with van der Waals surface area (Å²) in [5.74, 6) is 0.175. The van der Waals surface area contributed by atoms with Crippen LogP contribution in [0.4, 0.5) is 0 Å². The minimum absolute atomic E-state index is 0.0429. The number of nitrogens with zero attached hydrogens (tertiary/aromatic N) is 3. The van der Waals surface area contributed by atoms with Crippen molar-refractivity contribution in [2.24, 2.45) is 7.05 Å². The number of benzene rings is 1. The standard InChI is InChI=1S/C19H23N3O2/c1-15-4-3-5-16(12-15)13-18(23)21-8-10-22(11-9-21)19(24)17-6-7-20(2)14-17/h3-7,12,14H,8-11,13H2,1-2H3. The number of amides is 2. The van der Waals surface area contributed by atoms with Crippen molar-refractivity contribution in [3.63, 3.8) is 0 Å². The van der Waals surface area contributed by atoms with E-state index in [0.29, 0.717) is 38.2 Å². The van der Waals surface area contributed by atoms with Gasteiger partial charge in [-0.25, -0.2) is 0 Å². The SMILES string of the molecule is Cc1cccc(CC(=O)N2CCN(C(=O)c3ccn(C)c3)CC2)c1. The molecule has 2 aromatic rings. The molecule has 0 atom stereocenters. The van der Waals surface area contributed by atoms with Crippen LogP contribution in [-0.4, -0.2) is 52.4 Å². The highest BCUT2D eigenvalue weighted by molar-refractivity contribution is 5.94. The molecular formula is C19H23N3O2. The van der Waals surface area contributed by atoms with Crippen LogP contribution in [0, 0.1) is 6.92 Å². The summed E-state index contributed by atoms with van der Waals surface area (Å²) in [6.45, 7) is 4.41. The first kappa shape index (κ1) is 16.3.